The van der Waals surface area contributed by atoms with Crippen LogP contribution in [-0.4, -0.2) is 48.0 Å². The SMILES string of the molecule is Cn1c(COc2ccc(Cl)cc2)c(C(=O)CCC2CCN(CCCC3CCCNC3)CC2)c2ccccc21. The number of Topliss-reactive ketones (excluding diaryl/α,β-unsaturated/α-hetero) is 1. The molecule has 1 aromatic heterocycles. The molecule has 0 bridgehead atoms. The quantitative estimate of drug-likeness (QED) is 0.272. The number of hydrogen-bond acceptors (Lipinski definition) is 4. The van der Waals surface area contributed by atoms with Gasteiger partial charge in [-0.05, 0) is 120 Å². The molecule has 2 fully saturated rings. The smallest absolute Gasteiger partial charge is 0.165 e. The van der Waals surface area contributed by atoms with Gasteiger partial charge >= 0.3 is 0 Å². The number of ketones is 1. The second kappa shape index (κ2) is 13.1. The summed E-state index contributed by atoms with van der Waals surface area (Å²) in [5, 5.41) is 5.25. The molecule has 2 aliphatic heterocycles. The number of halogens is 1. The summed E-state index contributed by atoms with van der Waals surface area (Å²) in [5.74, 6) is 2.50. The van der Waals surface area contributed by atoms with Gasteiger partial charge in [0.25, 0.3) is 0 Å². The second-order valence-electron chi connectivity index (χ2n) is 11.2. The van der Waals surface area contributed by atoms with Crippen molar-refractivity contribution in [2.45, 2.75) is 58.0 Å². The number of aromatic nitrogens is 1. The van der Waals surface area contributed by atoms with Crippen molar-refractivity contribution in [3.63, 3.8) is 0 Å². The Morgan fingerprint density at radius 1 is 1.03 bits per heavy atom. The number of nitrogens with one attached hydrogen (secondary N) is 1. The molecule has 0 aliphatic carbocycles. The molecule has 2 aromatic carbocycles. The minimum atomic E-state index is 0.236. The molecule has 0 amide bonds. The number of benzene rings is 2. The maximum Gasteiger partial charge on any atom is 0.165 e. The van der Waals surface area contributed by atoms with Crippen LogP contribution in [0.5, 0.6) is 5.75 Å². The zero-order valence-corrected chi connectivity index (χ0v) is 23.5. The van der Waals surface area contributed by atoms with Crippen LogP contribution in [0.25, 0.3) is 10.9 Å². The molecule has 0 spiro atoms. The van der Waals surface area contributed by atoms with E-state index in [0.29, 0.717) is 24.0 Å². The molecule has 0 saturated carbocycles. The summed E-state index contributed by atoms with van der Waals surface area (Å²) in [6, 6.07) is 15.6. The number of rotatable bonds is 11. The van der Waals surface area contributed by atoms with Crippen molar-refractivity contribution in [2.75, 3.05) is 32.7 Å². The number of hydrogen-bond donors (Lipinski definition) is 1. The molecule has 3 heterocycles. The third-order valence-corrected chi connectivity index (χ3v) is 8.92. The van der Waals surface area contributed by atoms with Crippen molar-refractivity contribution >= 4 is 28.3 Å². The number of para-hydroxylation sites is 1. The lowest BCUT2D eigenvalue weighted by molar-refractivity contribution is 0.0960. The highest BCUT2D eigenvalue weighted by atomic mass is 35.5. The van der Waals surface area contributed by atoms with Gasteiger partial charge in [-0.1, -0.05) is 29.8 Å². The van der Waals surface area contributed by atoms with Gasteiger partial charge < -0.3 is 19.5 Å². The average Bonchev–Trinajstić information content (AvgIpc) is 3.24. The Morgan fingerprint density at radius 2 is 1.82 bits per heavy atom. The lowest BCUT2D eigenvalue weighted by Gasteiger charge is -2.32. The Balaban J connectivity index is 1.14. The molecular formula is C32H42ClN3O2. The highest BCUT2D eigenvalue weighted by Crippen LogP contribution is 2.30. The lowest BCUT2D eigenvalue weighted by atomic mass is 9.89. The Labute approximate surface area is 232 Å². The molecule has 204 valence electrons. The first kappa shape index (κ1) is 27.2. The number of fused-ring (bicyclic) bond motifs is 1. The number of carbonyl (C=O) groups is 1. The number of nitrogens with zero attached hydrogens (tertiary/aromatic N) is 2. The predicted molar refractivity (Wildman–Crippen MR) is 156 cm³/mol. The number of piperidine rings is 2. The van der Waals surface area contributed by atoms with Gasteiger partial charge in [0, 0.05) is 35.0 Å². The van der Waals surface area contributed by atoms with Crippen LogP contribution in [-0.2, 0) is 13.7 Å². The van der Waals surface area contributed by atoms with Gasteiger partial charge in [-0.2, -0.15) is 0 Å². The number of carbonyl (C=O) groups excluding carboxylic acids is 1. The Morgan fingerprint density at radius 3 is 2.58 bits per heavy atom. The monoisotopic (exact) mass is 535 g/mol. The maximum atomic E-state index is 13.6. The van der Waals surface area contributed by atoms with Crippen LogP contribution in [0, 0.1) is 11.8 Å². The maximum absolute atomic E-state index is 13.6. The van der Waals surface area contributed by atoms with E-state index in [2.05, 4.69) is 26.9 Å². The third kappa shape index (κ3) is 6.80. The van der Waals surface area contributed by atoms with Gasteiger partial charge in [0.15, 0.2) is 5.78 Å². The van der Waals surface area contributed by atoms with E-state index in [1.807, 2.05) is 43.4 Å². The van der Waals surface area contributed by atoms with Crippen molar-refractivity contribution in [1.82, 2.24) is 14.8 Å². The lowest BCUT2D eigenvalue weighted by Crippen LogP contribution is -2.35. The van der Waals surface area contributed by atoms with Gasteiger partial charge in [0.2, 0.25) is 0 Å². The molecule has 6 heteroatoms. The summed E-state index contributed by atoms with van der Waals surface area (Å²) in [6.45, 7) is 6.35. The summed E-state index contributed by atoms with van der Waals surface area (Å²) in [6.07, 6.45) is 9.40. The van der Waals surface area contributed by atoms with Crippen molar-refractivity contribution < 1.29 is 9.53 Å². The predicted octanol–water partition coefficient (Wildman–Crippen LogP) is 6.87. The Kier molecular flexibility index (Phi) is 9.42. The summed E-state index contributed by atoms with van der Waals surface area (Å²) in [7, 11) is 2.03. The zero-order chi connectivity index (χ0) is 26.3. The van der Waals surface area contributed by atoms with Crippen molar-refractivity contribution in [3.05, 3.63) is 64.8 Å². The van der Waals surface area contributed by atoms with Gasteiger partial charge in [-0.15, -0.1) is 0 Å². The van der Waals surface area contributed by atoms with Crippen LogP contribution in [0.4, 0.5) is 0 Å². The molecule has 2 aliphatic rings. The van der Waals surface area contributed by atoms with E-state index < -0.39 is 0 Å². The van der Waals surface area contributed by atoms with E-state index in [9.17, 15) is 4.79 Å². The first-order valence-corrected chi connectivity index (χ1v) is 14.9. The minimum absolute atomic E-state index is 0.236. The van der Waals surface area contributed by atoms with Crippen molar-refractivity contribution in [2.24, 2.45) is 18.9 Å². The molecule has 3 aromatic rings. The Hall–Kier alpha value is -2.34. The molecule has 0 radical (unpaired) electrons. The van der Waals surface area contributed by atoms with Gasteiger partial charge in [0.1, 0.15) is 12.4 Å². The Bertz CT molecular complexity index is 1190. The van der Waals surface area contributed by atoms with Crippen molar-refractivity contribution in [1.29, 1.82) is 0 Å². The molecule has 1 unspecified atom stereocenters. The number of ether oxygens (including phenoxy) is 1. The normalized spacial score (nSPS) is 19.2. The third-order valence-electron chi connectivity index (χ3n) is 8.67. The van der Waals surface area contributed by atoms with E-state index in [-0.39, 0.29) is 5.78 Å². The van der Waals surface area contributed by atoms with E-state index in [0.717, 1.165) is 40.2 Å². The topological polar surface area (TPSA) is 46.5 Å². The van der Waals surface area contributed by atoms with Crippen LogP contribution < -0.4 is 10.1 Å². The highest BCUT2D eigenvalue weighted by molar-refractivity contribution is 6.30. The van der Waals surface area contributed by atoms with E-state index >= 15 is 0 Å². The zero-order valence-electron chi connectivity index (χ0n) is 22.8. The fourth-order valence-electron chi connectivity index (χ4n) is 6.34. The summed E-state index contributed by atoms with van der Waals surface area (Å²) < 4.78 is 8.20. The first-order chi connectivity index (χ1) is 18.6. The summed E-state index contributed by atoms with van der Waals surface area (Å²) in [4.78, 5) is 16.3. The average molecular weight is 536 g/mol. The largest absolute Gasteiger partial charge is 0.487 e. The van der Waals surface area contributed by atoms with E-state index in [1.165, 1.54) is 71.2 Å². The van der Waals surface area contributed by atoms with Crippen LogP contribution >= 0.6 is 11.6 Å². The molecule has 5 nitrogen and oxygen atoms in total. The van der Waals surface area contributed by atoms with Crippen LogP contribution in [0.3, 0.4) is 0 Å². The fraction of sp³-hybridized carbons (Fsp3) is 0.531. The molecule has 1 N–H and O–H groups in total. The van der Waals surface area contributed by atoms with Gasteiger partial charge in [0.05, 0.1) is 5.69 Å². The number of aryl methyl sites for hydroxylation is 1. The molecular weight excluding hydrogens is 494 g/mol. The van der Waals surface area contributed by atoms with Crippen LogP contribution in [0.1, 0.15) is 67.4 Å². The van der Waals surface area contributed by atoms with Crippen LogP contribution in [0.15, 0.2) is 48.5 Å². The van der Waals surface area contributed by atoms with E-state index in [4.69, 9.17) is 16.3 Å². The molecule has 1 atom stereocenters. The molecule has 5 rings (SSSR count). The summed E-state index contributed by atoms with van der Waals surface area (Å²) >= 11 is 6.02. The second-order valence-corrected chi connectivity index (χ2v) is 11.7. The standard InChI is InChI=1S/C32H42ClN3O2/c1-35-29-9-3-2-8-28(29)32(30(35)23-38-27-13-11-26(33)12-14-27)31(37)15-10-24-16-20-36(21-17-24)19-5-7-25-6-4-18-34-22-25/h2-3,8-9,11-14,24-25,34H,4-7,10,15-23H2,1H3. The number of likely N-dealkylation sites (tertiary alicyclic amines) is 1. The van der Waals surface area contributed by atoms with E-state index in [1.54, 1.807) is 0 Å². The first-order valence-electron chi connectivity index (χ1n) is 14.5. The van der Waals surface area contributed by atoms with Gasteiger partial charge in [-0.3, -0.25) is 4.79 Å². The highest BCUT2D eigenvalue weighted by Gasteiger charge is 2.24. The van der Waals surface area contributed by atoms with Crippen molar-refractivity contribution in [3.8, 4) is 5.75 Å². The van der Waals surface area contributed by atoms with Gasteiger partial charge in [-0.25, -0.2) is 0 Å². The molecule has 38 heavy (non-hydrogen) atoms. The minimum Gasteiger partial charge on any atom is -0.487 e. The summed E-state index contributed by atoms with van der Waals surface area (Å²) in [5.41, 5.74) is 2.84. The van der Waals surface area contributed by atoms with Crippen LogP contribution in [0.2, 0.25) is 5.02 Å². The fourth-order valence-corrected chi connectivity index (χ4v) is 6.47. The molecule has 2 saturated heterocycles.